The van der Waals surface area contributed by atoms with Crippen molar-refractivity contribution in [3.63, 3.8) is 0 Å². The average molecular weight is 488 g/mol. The first-order chi connectivity index (χ1) is 13.7. The monoisotopic (exact) mass is 486 g/mol. The van der Waals surface area contributed by atoms with Crippen LogP contribution in [0.1, 0.15) is 35.1 Å². The fourth-order valence-corrected chi connectivity index (χ4v) is 3.74. The summed E-state index contributed by atoms with van der Waals surface area (Å²) < 4.78 is 40.9. The van der Waals surface area contributed by atoms with E-state index in [1.807, 2.05) is 0 Å². The quantitative estimate of drug-likeness (QED) is 0.516. The second-order valence-corrected chi connectivity index (χ2v) is 8.06. The van der Waals surface area contributed by atoms with E-state index >= 15 is 0 Å². The van der Waals surface area contributed by atoms with Gasteiger partial charge in [0, 0.05) is 30.0 Å². The van der Waals surface area contributed by atoms with Crippen LogP contribution < -0.4 is 10.6 Å². The molecule has 0 unspecified atom stereocenters. The van der Waals surface area contributed by atoms with Crippen LogP contribution in [0.4, 0.5) is 13.2 Å². The van der Waals surface area contributed by atoms with E-state index in [1.54, 1.807) is 24.3 Å². The summed E-state index contributed by atoms with van der Waals surface area (Å²) in [4.78, 5) is 11.2. The zero-order chi connectivity index (χ0) is 21.0. The largest absolute Gasteiger partial charge is 0.416 e. The van der Waals surface area contributed by atoms with Crippen molar-refractivity contribution in [2.75, 3.05) is 6.54 Å². The third-order valence-electron chi connectivity index (χ3n) is 4.65. The van der Waals surface area contributed by atoms with E-state index in [9.17, 15) is 18.0 Å². The Bertz CT molecular complexity index is 931. The highest BCUT2D eigenvalue weighted by Crippen LogP contribution is 2.34. The van der Waals surface area contributed by atoms with Crippen molar-refractivity contribution in [2.45, 2.75) is 31.6 Å². The summed E-state index contributed by atoms with van der Waals surface area (Å²) in [7, 11) is 0. The zero-order valence-corrected chi connectivity index (χ0v) is 17.7. The van der Waals surface area contributed by atoms with Crippen molar-refractivity contribution in [1.82, 2.24) is 10.6 Å². The second-order valence-electron chi connectivity index (χ2n) is 6.83. The fraction of sp³-hybridized carbons (Fsp3) is 0.286. The molecular formula is C21H19BrClF3N2O. The number of rotatable bonds is 6. The van der Waals surface area contributed by atoms with Crippen LogP contribution in [-0.2, 0) is 17.5 Å². The van der Waals surface area contributed by atoms with E-state index in [-0.39, 0.29) is 17.5 Å². The Kier molecular flexibility index (Phi) is 7.03. The van der Waals surface area contributed by atoms with Gasteiger partial charge in [0.25, 0.3) is 0 Å². The van der Waals surface area contributed by atoms with Crippen LogP contribution in [0.15, 0.2) is 40.9 Å². The summed E-state index contributed by atoms with van der Waals surface area (Å²) in [6.45, 7) is 0.981. The molecule has 0 saturated carbocycles. The van der Waals surface area contributed by atoms with E-state index in [4.69, 9.17) is 11.6 Å². The Morgan fingerprint density at radius 2 is 1.97 bits per heavy atom. The molecule has 2 aromatic carbocycles. The number of halogens is 5. The minimum atomic E-state index is -4.46. The molecule has 3 nitrogen and oxygen atoms in total. The van der Waals surface area contributed by atoms with Crippen molar-refractivity contribution in [3.8, 4) is 0 Å². The molecule has 2 N–H and O–H groups in total. The Balaban J connectivity index is 1.78. The van der Waals surface area contributed by atoms with E-state index in [1.165, 1.54) is 18.2 Å². The molecule has 0 spiro atoms. The van der Waals surface area contributed by atoms with Crippen molar-refractivity contribution in [1.29, 1.82) is 0 Å². The number of amides is 1. The number of benzene rings is 2. The molecule has 154 valence electrons. The lowest BCUT2D eigenvalue weighted by atomic mass is 10.0. The highest BCUT2D eigenvalue weighted by molar-refractivity contribution is 9.10. The van der Waals surface area contributed by atoms with Gasteiger partial charge in [0.05, 0.1) is 10.6 Å². The van der Waals surface area contributed by atoms with Crippen molar-refractivity contribution >= 4 is 45.6 Å². The molecule has 1 saturated heterocycles. The maximum Gasteiger partial charge on any atom is 0.416 e. The van der Waals surface area contributed by atoms with Crippen molar-refractivity contribution in [3.05, 3.63) is 68.1 Å². The van der Waals surface area contributed by atoms with E-state index in [0.29, 0.717) is 34.6 Å². The number of alkyl halides is 3. The molecule has 1 heterocycles. The van der Waals surface area contributed by atoms with Gasteiger partial charge in [-0.3, -0.25) is 4.79 Å². The van der Waals surface area contributed by atoms with Crippen LogP contribution >= 0.6 is 27.5 Å². The summed E-state index contributed by atoms with van der Waals surface area (Å²) >= 11 is 9.51. The van der Waals surface area contributed by atoms with Crippen LogP contribution in [0.25, 0.3) is 12.2 Å². The number of hydrogen-bond acceptors (Lipinski definition) is 2. The maximum absolute atomic E-state index is 13.4. The number of carbonyl (C=O) groups is 1. The van der Waals surface area contributed by atoms with Gasteiger partial charge in [-0.05, 0) is 57.2 Å². The molecular weight excluding hydrogens is 469 g/mol. The lowest BCUT2D eigenvalue weighted by Crippen LogP contribution is -2.35. The summed E-state index contributed by atoms with van der Waals surface area (Å²) in [5.41, 5.74) is 0.714. The van der Waals surface area contributed by atoms with E-state index in [2.05, 4.69) is 26.6 Å². The van der Waals surface area contributed by atoms with Gasteiger partial charge in [-0.2, -0.15) is 13.2 Å². The molecule has 0 aliphatic carbocycles. The van der Waals surface area contributed by atoms with Crippen LogP contribution in [0.2, 0.25) is 5.02 Å². The first-order valence-corrected chi connectivity index (χ1v) is 10.2. The SMILES string of the molecule is O=C1CC[C@@H](CNCc2ccc(C(F)(F)F)c(/C=C/c3cccc(Br)c3Cl)c2)N1. The predicted octanol–water partition coefficient (Wildman–Crippen LogP) is 5.66. The van der Waals surface area contributed by atoms with Crippen LogP contribution in [-0.4, -0.2) is 18.5 Å². The molecule has 1 fully saturated rings. The van der Waals surface area contributed by atoms with Crippen molar-refractivity contribution < 1.29 is 18.0 Å². The normalized spacial score (nSPS) is 17.1. The summed E-state index contributed by atoms with van der Waals surface area (Å²) in [6.07, 6.45) is -0.180. The van der Waals surface area contributed by atoms with E-state index in [0.717, 1.165) is 18.1 Å². The highest BCUT2D eigenvalue weighted by atomic mass is 79.9. The second kappa shape index (κ2) is 9.32. The maximum atomic E-state index is 13.4. The van der Waals surface area contributed by atoms with Gasteiger partial charge < -0.3 is 10.6 Å². The molecule has 3 rings (SSSR count). The standard InChI is InChI=1S/C21H19BrClF3N2O/c22-18-3-1-2-14(20(18)23)5-6-15-10-13(4-8-17(15)21(24,25)26)11-27-12-16-7-9-19(29)28-16/h1-6,8,10,16,27H,7,9,11-12H2,(H,28,29)/b6-5+/t16-/m0/s1. The number of nitrogens with one attached hydrogen (secondary N) is 2. The minimum Gasteiger partial charge on any atom is -0.352 e. The molecule has 0 bridgehead atoms. The van der Waals surface area contributed by atoms with Crippen molar-refractivity contribution in [2.24, 2.45) is 0 Å². The summed E-state index contributed by atoms with van der Waals surface area (Å²) in [5.74, 6) is 0.0324. The van der Waals surface area contributed by atoms with Crippen LogP contribution in [0.3, 0.4) is 0 Å². The van der Waals surface area contributed by atoms with Gasteiger partial charge in [-0.25, -0.2) is 0 Å². The molecule has 1 aliphatic rings. The van der Waals surface area contributed by atoms with Gasteiger partial charge >= 0.3 is 6.18 Å². The number of carbonyl (C=O) groups excluding carboxylic acids is 1. The summed E-state index contributed by atoms with van der Waals surface area (Å²) in [6, 6.07) is 9.41. The Labute approximate surface area is 180 Å². The zero-order valence-electron chi connectivity index (χ0n) is 15.3. The molecule has 29 heavy (non-hydrogen) atoms. The van der Waals surface area contributed by atoms with Gasteiger partial charge in [-0.1, -0.05) is 42.0 Å². The van der Waals surface area contributed by atoms with Crippen LogP contribution in [0, 0.1) is 0 Å². The van der Waals surface area contributed by atoms with Gasteiger partial charge in [0.15, 0.2) is 0 Å². The third-order valence-corrected chi connectivity index (χ3v) is 5.96. The molecule has 0 radical (unpaired) electrons. The predicted molar refractivity (Wildman–Crippen MR) is 112 cm³/mol. The first-order valence-electron chi connectivity index (χ1n) is 9.06. The smallest absolute Gasteiger partial charge is 0.352 e. The van der Waals surface area contributed by atoms with E-state index < -0.39 is 11.7 Å². The van der Waals surface area contributed by atoms with Gasteiger partial charge in [0.1, 0.15) is 0 Å². The number of hydrogen-bond donors (Lipinski definition) is 2. The van der Waals surface area contributed by atoms with Crippen LogP contribution in [0.5, 0.6) is 0 Å². The Morgan fingerprint density at radius 3 is 2.66 bits per heavy atom. The molecule has 1 aliphatic heterocycles. The molecule has 1 amide bonds. The fourth-order valence-electron chi connectivity index (χ4n) is 3.17. The molecule has 8 heteroatoms. The molecule has 2 aromatic rings. The highest BCUT2D eigenvalue weighted by Gasteiger charge is 2.32. The van der Waals surface area contributed by atoms with Gasteiger partial charge in [0.2, 0.25) is 5.91 Å². The lowest BCUT2D eigenvalue weighted by Gasteiger charge is -2.14. The molecule has 0 aromatic heterocycles. The van der Waals surface area contributed by atoms with Gasteiger partial charge in [-0.15, -0.1) is 0 Å². The summed E-state index contributed by atoms with van der Waals surface area (Å²) in [5, 5.41) is 6.48. The Hall–Kier alpha value is -1.83. The topological polar surface area (TPSA) is 41.1 Å². The average Bonchev–Trinajstić information content (AvgIpc) is 3.07. The molecule has 1 atom stereocenters. The Morgan fingerprint density at radius 1 is 1.21 bits per heavy atom. The first kappa shape index (κ1) is 21.9. The minimum absolute atomic E-state index is 0.0324. The third kappa shape index (κ3) is 5.84. The lowest BCUT2D eigenvalue weighted by molar-refractivity contribution is -0.137.